The van der Waals surface area contributed by atoms with Crippen LogP contribution in [0.15, 0.2) is 212 Å². The van der Waals surface area contributed by atoms with E-state index in [0.717, 1.165) is 44.2 Å². The maximum absolute atomic E-state index is 5.33. The Labute approximate surface area is 346 Å². The molecule has 0 aliphatic carbocycles. The van der Waals surface area contributed by atoms with E-state index in [0.29, 0.717) is 17.5 Å². The van der Waals surface area contributed by atoms with Gasteiger partial charge in [-0.1, -0.05) is 182 Å². The maximum Gasteiger partial charge on any atom is 0.165 e. The minimum absolute atomic E-state index is 0.633. The second-order valence-electron chi connectivity index (χ2n) is 14.8. The van der Waals surface area contributed by atoms with E-state index in [1.54, 1.807) is 11.3 Å². The van der Waals surface area contributed by atoms with Gasteiger partial charge in [0, 0.05) is 36.9 Å². The molecule has 0 spiro atoms. The molecule has 0 fully saturated rings. The number of hydrogen-bond donors (Lipinski definition) is 0. The second kappa shape index (κ2) is 14.8. The van der Waals surface area contributed by atoms with E-state index in [1.165, 1.54) is 48.0 Å². The molecule has 0 bridgehead atoms. The predicted molar refractivity (Wildman–Crippen MR) is 248 cm³/mol. The first kappa shape index (κ1) is 34.7. The zero-order valence-electron chi connectivity index (χ0n) is 32.0. The lowest BCUT2D eigenvalue weighted by Gasteiger charge is -2.14. The summed E-state index contributed by atoms with van der Waals surface area (Å²) >= 11 is 1.79. The number of thiophene rings is 1. The molecule has 276 valence electrons. The Hall–Kier alpha value is -7.53. The van der Waals surface area contributed by atoms with Crippen LogP contribution in [0.5, 0.6) is 0 Å². The lowest BCUT2D eigenvalue weighted by atomic mass is 9.93. The minimum Gasteiger partial charge on any atom is -0.208 e. The van der Waals surface area contributed by atoms with Gasteiger partial charge in [0.05, 0.1) is 0 Å². The minimum atomic E-state index is 0.633. The number of hydrogen-bond acceptors (Lipinski definition) is 4. The van der Waals surface area contributed by atoms with E-state index in [2.05, 4.69) is 212 Å². The fourth-order valence-electron chi connectivity index (χ4n) is 8.23. The van der Waals surface area contributed by atoms with Crippen LogP contribution in [-0.2, 0) is 0 Å². The summed E-state index contributed by atoms with van der Waals surface area (Å²) in [4.78, 5) is 15.9. The van der Waals surface area contributed by atoms with E-state index in [-0.39, 0.29) is 0 Å². The Bertz CT molecular complexity index is 3320. The van der Waals surface area contributed by atoms with Crippen molar-refractivity contribution in [1.29, 1.82) is 0 Å². The molecule has 11 aromatic rings. The van der Waals surface area contributed by atoms with E-state index >= 15 is 0 Å². The Morgan fingerprint density at radius 3 is 1.41 bits per heavy atom. The van der Waals surface area contributed by atoms with Crippen molar-refractivity contribution < 1.29 is 0 Å². The zero-order chi connectivity index (χ0) is 39.1. The molecular weight excluding hydrogens is 735 g/mol. The summed E-state index contributed by atoms with van der Waals surface area (Å²) in [5, 5.41) is 4.69. The molecule has 11 rings (SSSR count). The summed E-state index contributed by atoms with van der Waals surface area (Å²) in [5.74, 6) is 1.93. The van der Waals surface area contributed by atoms with Crippen LogP contribution in [0, 0.1) is 0 Å². The summed E-state index contributed by atoms with van der Waals surface area (Å²) < 4.78 is 2.41. The number of aromatic nitrogens is 3. The zero-order valence-corrected chi connectivity index (χ0v) is 32.8. The molecule has 0 aliphatic rings. The third-order valence-electron chi connectivity index (χ3n) is 11.2. The maximum atomic E-state index is 5.33. The molecule has 9 aromatic carbocycles. The molecule has 2 heterocycles. The molecule has 0 radical (unpaired) electrons. The Balaban J connectivity index is 1.07. The van der Waals surface area contributed by atoms with E-state index in [9.17, 15) is 0 Å². The smallest absolute Gasteiger partial charge is 0.165 e. The molecule has 0 unspecified atom stereocenters. The van der Waals surface area contributed by atoms with Gasteiger partial charge in [0.2, 0.25) is 0 Å². The standard InChI is InChI=1S/C55H35N3S/c1-3-14-36(15-4-1)38-28-30-39(31-29-38)44-32-33-49(46-23-8-7-22-45(44)46)54-56-53(57-55(58-54)50-26-13-25-48-47-24-9-10-27-51(47)59-52(48)50)43-21-12-20-42(35-43)41-19-11-18-40(34-41)37-16-5-2-6-17-37/h1-35H. The Kier molecular flexibility index (Phi) is 8.68. The topological polar surface area (TPSA) is 38.7 Å². The van der Waals surface area contributed by atoms with E-state index in [1.807, 2.05) is 0 Å². The molecule has 0 saturated heterocycles. The fraction of sp³-hybridized carbons (Fsp3) is 0. The highest BCUT2D eigenvalue weighted by Crippen LogP contribution is 2.41. The molecule has 4 heteroatoms. The van der Waals surface area contributed by atoms with Crippen LogP contribution in [0.25, 0.3) is 110 Å². The first-order chi connectivity index (χ1) is 29.2. The highest BCUT2D eigenvalue weighted by molar-refractivity contribution is 7.26. The normalized spacial score (nSPS) is 11.4. The van der Waals surface area contributed by atoms with Crippen molar-refractivity contribution in [3.63, 3.8) is 0 Å². The predicted octanol–water partition coefficient (Wildman–Crippen LogP) is 15.1. The van der Waals surface area contributed by atoms with Crippen LogP contribution in [-0.4, -0.2) is 15.0 Å². The van der Waals surface area contributed by atoms with Crippen molar-refractivity contribution in [2.45, 2.75) is 0 Å². The van der Waals surface area contributed by atoms with Gasteiger partial charge in [-0.15, -0.1) is 11.3 Å². The average Bonchev–Trinajstić information content (AvgIpc) is 3.71. The van der Waals surface area contributed by atoms with Crippen molar-refractivity contribution in [3.8, 4) is 78.7 Å². The largest absolute Gasteiger partial charge is 0.208 e. The van der Waals surface area contributed by atoms with Crippen LogP contribution in [0.1, 0.15) is 0 Å². The van der Waals surface area contributed by atoms with Crippen LogP contribution in [0.4, 0.5) is 0 Å². The summed E-state index contributed by atoms with van der Waals surface area (Å²) in [5.41, 5.74) is 12.2. The summed E-state index contributed by atoms with van der Waals surface area (Å²) in [6.07, 6.45) is 0. The van der Waals surface area contributed by atoms with Gasteiger partial charge in [-0.2, -0.15) is 0 Å². The molecule has 0 saturated carbocycles. The van der Waals surface area contributed by atoms with Gasteiger partial charge in [-0.3, -0.25) is 0 Å². The van der Waals surface area contributed by atoms with Crippen molar-refractivity contribution in [1.82, 2.24) is 15.0 Å². The summed E-state index contributed by atoms with van der Waals surface area (Å²) in [7, 11) is 0. The van der Waals surface area contributed by atoms with E-state index in [4.69, 9.17) is 15.0 Å². The Morgan fingerprint density at radius 1 is 0.254 bits per heavy atom. The number of rotatable bonds is 7. The van der Waals surface area contributed by atoms with Gasteiger partial charge < -0.3 is 0 Å². The van der Waals surface area contributed by atoms with Crippen LogP contribution in [0.3, 0.4) is 0 Å². The van der Waals surface area contributed by atoms with Crippen LogP contribution < -0.4 is 0 Å². The van der Waals surface area contributed by atoms with Crippen molar-refractivity contribution >= 4 is 42.3 Å². The first-order valence-corrected chi connectivity index (χ1v) is 20.7. The Morgan fingerprint density at radius 2 is 0.695 bits per heavy atom. The number of nitrogens with zero attached hydrogens (tertiary/aromatic N) is 3. The molecule has 3 nitrogen and oxygen atoms in total. The molecule has 2 aromatic heterocycles. The highest BCUT2D eigenvalue weighted by atomic mass is 32.1. The van der Waals surface area contributed by atoms with Gasteiger partial charge in [0.1, 0.15) is 0 Å². The quantitative estimate of drug-likeness (QED) is 0.162. The SMILES string of the molecule is c1ccc(-c2ccc(-c3ccc(-c4nc(-c5cccc(-c6cccc(-c7ccccc7)c6)c5)nc(-c5cccc6c5sc5ccccc56)n4)c4ccccc34)cc2)cc1. The van der Waals surface area contributed by atoms with Crippen LogP contribution >= 0.6 is 11.3 Å². The second-order valence-corrected chi connectivity index (χ2v) is 15.8. The fourth-order valence-corrected chi connectivity index (χ4v) is 9.45. The monoisotopic (exact) mass is 769 g/mol. The first-order valence-electron chi connectivity index (χ1n) is 19.8. The molecule has 59 heavy (non-hydrogen) atoms. The lowest BCUT2D eigenvalue weighted by molar-refractivity contribution is 1.08. The third kappa shape index (κ3) is 6.46. The van der Waals surface area contributed by atoms with E-state index < -0.39 is 0 Å². The molecule has 0 amide bonds. The number of fused-ring (bicyclic) bond motifs is 4. The van der Waals surface area contributed by atoms with Gasteiger partial charge >= 0.3 is 0 Å². The van der Waals surface area contributed by atoms with Crippen molar-refractivity contribution in [3.05, 3.63) is 212 Å². The summed E-state index contributed by atoms with van der Waals surface area (Å²) in [6.45, 7) is 0. The third-order valence-corrected chi connectivity index (χ3v) is 12.4. The average molecular weight is 770 g/mol. The van der Waals surface area contributed by atoms with Gasteiger partial charge in [0.25, 0.3) is 0 Å². The van der Waals surface area contributed by atoms with Crippen molar-refractivity contribution in [2.24, 2.45) is 0 Å². The molecule has 0 atom stereocenters. The van der Waals surface area contributed by atoms with Gasteiger partial charge in [-0.25, -0.2) is 15.0 Å². The lowest BCUT2D eigenvalue weighted by Crippen LogP contribution is -2.01. The molecule has 0 aliphatic heterocycles. The van der Waals surface area contributed by atoms with Gasteiger partial charge in [-0.05, 0) is 85.6 Å². The van der Waals surface area contributed by atoms with Crippen molar-refractivity contribution in [2.75, 3.05) is 0 Å². The molecular formula is C55H35N3S. The highest BCUT2D eigenvalue weighted by Gasteiger charge is 2.19. The molecule has 0 N–H and O–H groups in total. The van der Waals surface area contributed by atoms with Gasteiger partial charge in [0.15, 0.2) is 17.5 Å². The summed E-state index contributed by atoms with van der Waals surface area (Å²) in [6, 6.07) is 75.2. The number of benzene rings is 9. The van der Waals surface area contributed by atoms with Crippen LogP contribution in [0.2, 0.25) is 0 Å².